The van der Waals surface area contributed by atoms with Crippen LogP contribution in [0.25, 0.3) is 11.0 Å². The third-order valence-corrected chi connectivity index (χ3v) is 4.11. The van der Waals surface area contributed by atoms with Crippen LogP contribution in [0.2, 0.25) is 5.15 Å². The summed E-state index contributed by atoms with van der Waals surface area (Å²) in [4.78, 5) is 19.4. The Kier molecular flexibility index (Phi) is 4.02. The van der Waals surface area contributed by atoms with Gasteiger partial charge in [-0.2, -0.15) is 4.98 Å². The fraction of sp³-hybridized carbons (Fsp3) is 0.188. The number of aromatic nitrogens is 3. The van der Waals surface area contributed by atoms with Crippen LogP contribution in [0.3, 0.4) is 0 Å². The summed E-state index contributed by atoms with van der Waals surface area (Å²) in [6.07, 6.45) is 1.82. The van der Waals surface area contributed by atoms with Gasteiger partial charge in [-0.1, -0.05) is 17.7 Å². The lowest BCUT2D eigenvalue weighted by Crippen LogP contribution is -2.07. The van der Waals surface area contributed by atoms with Crippen LogP contribution in [0.4, 0.5) is 5.95 Å². The summed E-state index contributed by atoms with van der Waals surface area (Å²) in [5.74, 6) is -0.343. The molecule has 7 nitrogen and oxygen atoms in total. The molecule has 0 saturated carbocycles. The Hall–Kier alpha value is -2.80. The normalized spacial score (nSPS) is 11.0. The Labute approximate surface area is 142 Å². The number of rotatable bonds is 4. The molecule has 3 rings (SSSR count). The smallest absolute Gasteiger partial charge is 0.336 e. The van der Waals surface area contributed by atoms with Crippen molar-refractivity contribution >= 4 is 34.6 Å². The van der Waals surface area contributed by atoms with Crippen molar-refractivity contribution < 1.29 is 14.6 Å². The second-order valence-electron chi connectivity index (χ2n) is 5.29. The van der Waals surface area contributed by atoms with Gasteiger partial charge in [-0.05, 0) is 19.1 Å². The van der Waals surface area contributed by atoms with Gasteiger partial charge in [0.25, 0.3) is 0 Å². The lowest BCUT2D eigenvalue weighted by Gasteiger charge is -2.15. The number of hydrogen-bond donors (Lipinski definition) is 2. The molecule has 24 heavy (non-hydrogen) atoms. The third-order valence-electron chi connectivity index (χ3n) is 3.85. The molecule has 0 unspecified atom stereocenters. The Bertz CT molecular complexity index is 952. The van der Waals surface area contributed by atoms with Gasteiger partial charge in [-0.25, -0.2) is 9.78 Å². The molecule has 1 aromatic carbocycles. The highest BCUT2D eigenvalue weighted by Crippen LogP contribution is 2.29. The van der Waals surface area contributed by atoms with Gasteiger partial charge in [-0.3, -0.25) is 0 Å². The molecule has 3 N–H and O–H groups in total. The highest BCUT2D eigenvalue weighted by molar-refractivity contribution is 6.33. The van der Waals surface area contributed by atoms with E-state index in [-0.39, 0.29) is 16.7 Å². The molecule has 2 aromatic heterocycles. The van der Waals surface area contributed by atoms with E-state index in [2.05, 4.69) is 9.97 Å². The molecule has 2 heterocycles. The summed E-state index contributed by atoms with van der Waals surface area (Å²) >= 11 is 6.19. The van der Waals surface area contributed by atoms with E-state index >= 15 is 0 Å². The molecular weight excluding hydrogens is 332 g/mol. The minimum atomic E-state index is -0.990. The summed E-state index contributed by atoms with van der Waals surface area (Å²) in [6, 6.07) is 5.09. The summed E-state index contributed by atoms with van der Waals surface area (Å²) in [5.41, 5.74) is 8.52. The first-order chi connectivity index (χ1) is 11.4. The van der Waals surface area contributed by atoms with Gasteiger partial charge >= 0.3 is 5.97 Å². The van der Waals surface area contributed by atoms with Crippen molar-refractivity contribution in [1.29, 1.82) is 0 Å². The lowest BCUT2D eigenvalue weighted by molar-refractivity contribution is 0.0695. The van der Waals surface area contributed by atoms with Gasteiger partial charge in [0.15, 0.2) is 5.15 Å². The van der Waals surface area contributed by atoms with Gasteiger partial charge in [0.1, 0.15) is 11.3 Å². The molecule has 0 aliphatic rings. The van der Waals surface area contributed by atoms with Crippen LogP contribution >= 0.6 is 11.6 Å². The first kappa shape index (κ1) is 16.1. The number of methoxy groups -OCH3 is 1. The molecule has 8 heteroatoms. The number of carboxylic acid groups (broad SMARTS) is 1. The van der Waals surface area contributed by atoms with Gasteiger partial charge in [0, 0.05) is 17.3 Å². The van der Waals surface area contributed by atoms with Gasteiger partial charge in [0.2, 0.25) is 5.95 Å². The number of fused-ring (bicyclic) bond motifs is 1. The van der Waals surface area contributed by atoms with Crippen molar-refractivity contribution in [3.63, 3.8) is 0 Å². The van der Waals surface area contributed by atoms with Gasteiger partial charge < -0.3 is 20.1 Å². The number of nitrogens with two attached hydrogens (primary N) is 1. The molecule has 0 aliphatic heterocycles. The number of nitrogen functional groups attached to an aromatic ring is 1. The zero-order valence-electron chi connectivity index (χ0n) is 13.1. The highest BCUT2D eigenvalue weighted by Gasteiger charge is 2.17. The van der Waals surface area contributed by atoms with E-state index in [1.807, 2.05) is 10.8 Å². The SMILES string of the molecule is COc1c(Cn2ccc3nc(N)nc(Cl)c32)ccc(C(=O)O)c1C. The number of halogens is 1. The van der Waals surface area contributed by atoms with E-state index in [0.29, 0.717) is 28.9 Å². The number of hydrogen-bond acceptors (Lipinski definition) is 5. The molecule has 0 bridgehead atoms. The van der Waals surface area contributed by atoms with Crippen molar-refractivity contribution in [2.45, 2.75) is 13.5 Å². The Balaban J connectivity index is 2.09. The molecule has 124 valence electrons. The van der Waals surface area contributed by atoms with Crippen molar-refractivity contribution in [2.24, 2.45) is 0 Å². The predicted octanol–water partition coefficient (Wildman–Crippen LogP) is 2.73. The minimum absolute atomic E-state index is 0.115. The summed E-state index contributed by atoms with van der Waals surface area (Å²) in [7, 11) is 1.52. The first-order valence-corrected chi connectivity index (χ1v) is 7.47. The number of ether oxygens (including phenoxy) is 1. The molecular formula is C16H15ClN4O3. The van der Waals surface area contributed by atoms with Gasteiger partial charge in [-0.15, -0.1) is 0 Å². The maximum Gasteiger partial charge on any atom is 0.336 e. The minimum Gasteiger partial charge on any atom is -0.496 e. The van der Waals surface area contributed by atoms with E-state index < -0.39 is 5.97 Å². The molecule has 0 amide bonds. The quantitative estimate of drug-likeness (QED) is 0.704. The fourth-order valence-corrected chi connectivity index (χ4v) is 3.07. The molecule has 0 saturated heterocycles. The van der Waals surface area contributed by atoms with E-state index in [1.54, 1.807) is 25.1 Å². The monoisotopic (exact) mass is 346 g/mol. The third kappa shape index (κ3) is 2.63. The fourth-order valence-electron chi connectivity index (χ4n) is 2.78. The van der Waals surface area contributed by atoms with E-state index in [4.69, 9.17) is 22.1 Å². The molecule has 3 aromatic rings. The maximum atomic E-state index is 11.3. The number of anilines is 1. The molecule has 0 atom stereocenters. The van der Waals surface area contributed by atoms with Crippen LogP contribution in [0.1, 0.15) is 21.5 Å². The van der Waals surface area contributed by atoms with Crippen LogP contribution in [0.15, 0.2) is 24.4 Å². The molecule has 0 aliphatic carbocycles. The topological polar surface area (TPSA) is 103 Å². The zero-order valence-corrected chi connectivity index (χ0v) is 13.8. The average Bonchev–Trinajstić information content (AvgIpc) is 2.90. The Morgan fingerprint density at radius 1 is 1.38 bits per heavy atom. The van der Waals surface area contributed by atoms with Crippen molar-refractivity contribution in [1.82, 2.24) is 14.5 Å². The second kappa shape index (κ2) is 6.01. The standard InChI is InChI=1S/C16H15ClN4O3/c1-8-10(15(22)23)4-3-9(13(8)24-2)7-21-6-5-11-12(21)14(17)20-16(18)19-11/h3-6H,7H2,1-2H3,(H,22,23)(H2,18,19,20). The van der Waals surface area contributed by atoms with E-state index in [0.717, 1.165) is 5.56 Å². The van der Waals surface area contributed by atoms with Crippen molar-refractivity contribution in [3.05, 3.63) is 46.2 Å². The average molecular weight is 347 g/mol. The Morgan fingerprint density at radius 3 is 2.79 bits per heavy atom. The van der Waals surface area contributed by atoms with Crippen LogP contribution < -0.4 is 10.5 Å². The van der Waals surface area contributed by atoms with Crippen LogP contribution in [-0.2, 0) is 6.54 Å². The lowest BCUT2D eigenvalue weighted by atomic mass is 10.0. The number of carbonyl (C=O) groups is 1. The largest absolute Gasteiger partial charge is 0.496 e. The summed E-state index contributed by atoms with van der Waals surface area (Å²) in [5, 5.41) is 9.49. The number of aromatic carboxylic acids is 1. The molecule has 0 fully saturated rings. The van der Waals surface area contributed by atoms with Gasteiger partial charge in [0.05, 0.1) is 24.7 Å². The summed E-state index contributed by atoms with van der Waals surface area (Å²) in [6.45, 7) is 2.15. The second-order valence-corrected chi connectivity index (χ2v) is 5.64. The summed E-state index contributed by atoms with van der Waals surface area (Å²) < 4.78 is 7.29. The number of carboxylic acids is 1. The maximum absolute atomic E-state index is 11.3. The van der Waals surface area contributed by atoms with Crippen molar-refractivity contribution in [2.75, 3.05) is 12.8 Å². The predicted molar refractivity (Wildman–Crippen MR) is 90.7 cm³/mol. The van der Waals surface area contributed by atoms with E-state index in [9.17, 15) is 9.90 Å². The zero-order chi connectivity index (χ0) is 17.4. The number of nitrogens with zero attached hydrogens (tertiary/aromatic N) is 3. The highest BCUT2D eigenvalue weighted by atomic mass is 35.5. The Morgan fingerprint density at radius 2 is 2.12 bits per heavy atom. The number of benzene rings is 1. The van der Waals surface area contributed by atoms with Crippen LogP contribution in [0.5, 0.6) is 5.75 Å². The van der Waals surface area contributed by atoms with E-state index in [1.165, 1.54) is 7.11 Å². The first-order valence-electron chi connectivity index (χ1n) is 7.10. The van der Waals surface area contributed by atoms with Crippen LogP contribution in [0, 0.1) is 6.92 Å². The van der Waals surface area contributed by atoms with Crippen molar-refractivity contribution in [3.8, 4) is 5.75 Å². The molecule has 0 radical (unpaired) electrons. The molecule has 0 spiro atoms. The van der Waals surface area contributed by atoms with Crippen LogP contribution in [-0.4, -0.2) is 32.7 Å².